The van der Waals surface area contributed by atoms with Crippen LogP contribution in [-0.4, -0.2) is 29.1 Å². The second kappa shape index (κ2) is 7.43. The predicted octanol–water partition coefficient (Wildman–Crippen LogP) is 3.25. The van der Waals surface area contributed by atoms with E-state index in [-0.39, 0.29) is 18.2 Å². The molecule has 7 heteroatoms. The van der Waals surface area contributed by atoms with Crippen molar-refractivity contribution in [3.63, 3.8) is 0 Å². The Morgan fingerprint density at radius 2 is 1.92 bits per heavy atom. The van der Waals surface area contributed by atoms with Crippen molar-refractivity contribution in [2.75, 3.05) is 18.0 Å². The molecule has 1 amide bonds. The molecule has 1 aromatic carbocycles. The summed E-state index contributed by atoms with van der Waals surface area (Å²) in [6.07, 6.45) is 5.27. The molecule has 0 aliphatic carbocycles. The van der Waals surface area contributed by atoms with Gasteiger partial charge < -0.3 is 19.2 Å². The van der Waals surface area contributed by atoms with Gasteiger partial charge in [0.05, 0.1) is 12.8 Å². The van der Waals surface area contributed by atoms with Crippen LogP contribution in [0.15, 0.2) is 51.6 Å². The Labute approximate surface area is 151 Å². The Kier molecular flexibility index (Phi) is 4.68. The van der Waals surface area contributed by atoms with Crippen LogP contribution in [0.5, 0.6) is 0 Å². The molecule has 3 heterocycles. The summed E-state index contributed by atoms with van der Waals surface area (Å²) in [5, 5.41) is 6.68. The summed E-state index contributed by atoms with van der Waals surface area (Å²) >= 11 is 0. The monoisotopic (exact) mass is 352 g/mol. The van der Waals surface area contributed by atoms with Gasteiger partial charge in [-0.05, 0) is 55.7 Å². The molecule has 7 nitrogen and oxygen atoms in total. The summed E-state index contributed by atoms with van der Waals surface area (Å²) in [7, 11) is 0. The van der Waals surface area contributed by atoms with E-state index in [2.05, 4.69) is 32.5 Å². The largest absolute Gasteiger partial charge is 0.459 e. The molecule has 1 N–H and O–H groups in total. The lowest BCUT2D eigenvalue weighted by Gasteiger charge is -2.28. The van der Waals surface area contributed by atoms with Crippen LogP contribution < -0.4 is 10.2 Å². The molecular formula is C19H20N4O3. The molecule has 1 aliphatic rings. The first-order valence-electron chi connectivity index (χ1n) is 8.79. The quantitative estimate of drug-likeness (QED) is 0.759. The van der Waals surface area contributed by atoms with E-state index in [0.29, 0.717) is 11.7 Å². The van der Waals surface area contributed by atoms with E-state index in [0.717, 1.165) is 18.7 Å². The van der Waals surface area contributed by atoms with Crippen LogP contribution in [0.3, 0.4) is 0 Å². The van der Waals surface area contributed by atoms with Gasteiger partial charge in [0.1, 0.15) is 0 Å². The van der Waals surface area contributed by atoms with E-state index in [9.17, 15) is 4.79 Å². The standard InChI is InChI=1S/C19H20N4O3/c24-19(16-5-4-12-25-16)20-13-17-21-18(22-26-17)14-6-8-15(9-7-14)23-10-2-1-3-11-23/h4-9,12H,1-3,10-11,13H2,(H,20,24). The summed E-state index contributed by atoms with van der Waals surface area (Å²) in [5.74, 6) is 0.788. The van der Waals surface area contributed by atoms with Crippen molar-refractivity contribution >= 4 is 11.6 Å². The van der Waals surface area contributed by atoms with Crippen LogP contribution in [0.25, 0.3) is 11.4 Å². The number of piperidine rings is 1. The predicted molar refractivity (Wildman–Crippen MR) is 95.7 cm³/mol. The third-order valence-electron chi connectivity index (χ3n) is 4.46. The Bertz CT molecular complexity index is 849. The van der Waals surface area contributed by atoms with Gasteiger partial charge in [0.25, 0.3) is 5.91 Å². The molecule has 2 aromatic heterocycles. The molecule has 3 aromatic rings. The highest BCUT2D eigenvalue weighted by Gasteiger charge is 2.14. The first kappa shape index (κ1) is 16.4. The summed E-state index contributed by atoms with van der Waals surface area (Å²) in [4.78, 5) is 18.6. The summed E-state index contributed by atoms with van der Waals surface area (Å²) in [6.45, 7) is 2.38. The molecule has 0 radical (unpaired) electrons. The normalized spacial score (nSPS) is 14.4. The van der Waals surface area contributed by atoms with Gasteiger partial charge in [-0.2, -0.15) is 4.98 Å². The minimum atomic E-state index is -0.319. The second-order valence-corrected chi connectivity index (χ2v) is 6.27. The molecule has 1 aliphatic heterocycles. The first-order chi connectivity index (χ1) is 12.8. The number of hydrogen-bond acceptors (Lipinski definition) is 6. The number of anilines is 1. The smallest absolute Gasteiger partial charge is 0.287 e. The van der Waals surface area contributed by atoms with Gasteiger partial charge in [-0.15, -0.1) is 0 Å². The molecule has 134 valence electrons. The minimum Gasteiger partial charge on any atom is -0.459 e. The van der Waals surface area contributed by atoms with Gasteiger partial charge in [-0.3, -0.25) is 4.79 Å². The van der Waals surface area contributed by atoms with E-state index >= 15 is 0 Å². The highest BCUT2D eigenvalue weighted by Crippen LogP contribution is 2.23. The van der Waals surface area contributed by atoms with Crippen LogP contribution >= 0.6 is 0 Å². The Morgan fingerprint density at radius 3 is 2.65 bits per heavy atom. The SMILES string of the molecule is O=C(NCc1nc(-c2ccc(N3CCCCC3)cc2)no1)c1ccco1. The summed E-state index contributed by atoms with van der Waals surface area (Å²) < 4.78 is 10.3. The van der Waals surface area contributed by atoms with E-state index in [4.69, 9.17) is 8.94 Å². The van der Waals surface area contributed by atoms with Crippen molar-refractivity contribution in [2.24, 2.45) is 0 Å². The first-order valence-corrected chi connectivity index (χ1v) is 8.79. The summed E-state index contributed by atoms with van der Waals surface area (Å²) in [5.41, 5.74) is 2.11. The molecule has 0 atom stereocenters. The van der Waals surface area contributed by atoms with Gasteiger partial charge in [-0.1, -0.05) is 5.16 Å². The van der Waals surface area contributed by atoms with Crippen molar-refractivity contribution in [1.29, 1.82) is 0 Å². The maximum Gasteiger partial charge on any atom is 0.287 e. The van der Waals surface area contributed by atoms with Crippen LogP contribution in [-0.2, 0) is 6.54 Å². The lowest BCUT2D eigenvalue weighted by Crippen LogP contribution is -2.29. The van der Waals surface area contributed by atoms with Crippen molar-refractivity contribution in [1.82, 2.24) is 15.5 Å². The molecule has 4 rings (SSSR count). The topological polar surface area (TPSA) is 84.4 Å². The average Bonchev–Trinajstić information content (AvgIpc) is 3.39. The number of amides is 1. The van der Waals surface area contributed by atoms with Crippen LogP contribution in [0.2, 0.25) is 0 Å². The van der Waals surface area contributed by atoms with E-state index in [1.54, 1.807) is 12.1 Å². The Morgan fingerprint density at radius 1 is 1.12 bits per heavy atom. The molecule has 0 spiro atoms. The third-order valence-corrected chi connectivity index (χ3v) is 4.46. The number of hydrogen-bond donors (Lipinski definition) is 1. The summed E-state index contributed by atoms with van der Waals surface area (Å²) in [6, 6.07) is 11.4. The van der Waals surface area contributed by atoms with Crippen molar-refractivity contribution < 1.29 is 13.7 Å². The van der Waals surface area contributed by atoms with Crippen LogP contribution in [0, 0.1) is 0 Å². The van der Waals surface area contributed by atoms with Crippen LogP contribution in [0.1, 0.15) is 35.7 Å². The maximum atomic E-state index is 11.8. The zero-order valence-electron chi connectivity index (χ0n) is 14.4. The zero-order chi connectivity index (χ0) is 17.8. The minimum absolute atomic E-state index is 0.151. The number of nitrogens with one attached hydrogen (secondary N) is 1. The van der Waals surface area contributed by atoms with Crippen molar-refractivity contribution in [2.45, 2.75) is 25.8 Å². The maximum absolute atomic E-state index is 11.8. The number of carbonyl (C=O) groups is 1. The number of furan rings is 1. The van der Waals surface area contributed by atoms with E-state index < -0.39 is 0 Å². The van der Waals surface area contributed by atoms with E-state index in [1.165, 1.54) is 31.2 Å². The van der Waals surface area contributed by atoms with Crippen molar-refractivity contribution in [3.8, 4) is 11.4 Å². The number of rotatable bonds is 5. The van der Waals surface area contributed by atoms with Gasteiger partial charge in [0.2, 0.25) is 11.7 Å². The Balaban J connectivity index is 1.38. The molecule has 0 unspecified atom stereocenters. The molecular weight excluding hydrogens is 332 g/mol. The van der Waals surface area contributed by atoms with Gasteiger partial charge in [0, 0.05) is 24.3 Å². The van der Waals surface area contributed by atoms with E-state index in [1.807, 2.05) is 12.1 Å². The molecule has 26 heavy (non-hydrogen) atoms. The molecule has 1 fully saturated rings. The molecule has 1 saturated heterocycles. The fraction of sp³-hybridized carbons (Fsp3) is 0.316. The van der Waals surface area contributed by atoms with Crippen LogP contribution in [0.4, 0.5) is 5.69 Å². The lowest BCUT2D eigenvalue weighted by atomic mass is 10.1. The number of benzene rings is 1. The number of nitrogens with zero attached hydrogens (tertiary/aromatic N) is 3. The fourth-order valence-electron chi connectivity index (χ4n) is 3.07. The van der Waals surface area contributed by atoms with Gasteiger partial charge in [-0.25, -0.2) is 0 Å². The van der Waals surface area contributed by atoms with Gasteiger partial charge >= 0.3 is 0 Å². The molecule has 0 bridgehead atoms. The zero-order valence-corrected chi connectivity index (χ0v) is 14.4. The third kappa shape index (κ3) is 3.61. The highest BCUT2D eigenvalue weighted by molar-refractivity contribution is 5.91. The number of aromatic nitrogens is 2. The van der Waals surface area contributed by atoms with Crippen molar-refractivity contribution in [3.05, 3.63) is 54.3 Å². The lowest BCUT2D eigenvalue weighted by molar-refractivity contribution is 0.0918. The second-order valence-electron chi connectivity index (χ2n) is 6.27. The number of carbonyl (C=O) groups excluding carboxylic acids is 1. The highest BCUT2D eigenvalue weighted by atomic mass is 16.5. The fourth-order valence-corrected chi connectivity index (χ4v) is 3.07. The van der Waals surface area contributed by atoms with Gasteiger partial charge in [0.15, 0.2) is 5.76 Å². The Hall–Kier alpha value is -3.09. The average molecular weight is 352 g/mol. The molecule has 0 saturated carbocycles.